The van der Waals surface area contributed by atoms with E-state index in [-0.39, 0.29) is 17.8 Å². The van der Waals surface area contributed by atoms with Gasteiger partial charge in [-0.2, -0.15) is 0 Å². The smallest absolute Gasteiger partial charge is 0.339 e. The number of ether oxygens (including phenoxy) is 1. The maximum Gasteiger partial charge on any atom is 0.339 e. The zero-order valence-corrected chi connectivity index (χ0v) is 48.8. The molecule has 0 aliphatic rings. The summed E-state index contributed by atoms with van der Waals surface area (Å²) in [5, 5.41) is 18.1. The molecule has 82 heavy (non-hydrogen) atoms. The SMILES string of the molecule is Cc1c(C)n(Cc2ccc(-c3ccccc3C(=O)O)cc2)c2ccc(C(=O)NC(C)(C)c3ccccc3)cc12.Cc1c(C)n(Cc2ccc(-c3ccccc3C(=O)OC(C)(C)C)cc2)c2ccc(C(=O)NC(C)(C)c3ccccc3)cc12. The highest BCUT2D eigenvalue weighted by Gasteiger charge is 2.27. The number of aryl methyl sites for hydroxylation is 2. The summed E-state index contributed by atoms with van der Waals surface area (Å²) in [7, 11) is 0. The van der Waals surface area contributed by atoms with Crippen LogP contribution in [0.25, 0.3) is 44.1 Å². The maximum absolute atomic E-state index is 13.3. The van der Waals surface area contributed by atoms with Crippen molar-refractivity contribution in [3.8, 4) is 22.3 Å². The summed E-state index contributed by atoms with van der Waals surface area (Å²) in [6.07, 6.45) is 0. The van der Waals surface area contributed by atoms with Crippen molar-refractivity contribution in [3.63, 3.8) is 0 Å². The van der Waals surface area contributed by atoms with Crippen LogP contribution >= 0.6 is 0 Å². The predicted molar refractivity (Wildman–Crippen MR) is 331 cm³/mol. The minimum atomic E-state index is -0.934. The molecule has 10 rings (SSSR count). The van der Waals surface area contributed by atoms with Gasteiger partial charge in [0.15, 0.2) is 0 Å². The summed E-state index contributed by atoms with van der Waals surface area (Å²) in [5.41, 5.74) is 15.1. The minimum Gasteiger partial charge on any atom is -0.478 e. The minimum absolute atomic E-state index is 0.0946. The lowest BCUT2D eigenvalue weighted by atomic mass is 9.94. The molecule has 2 aromatic heterocycles. The molecule has 0 radical (unpaired) electrons. The number of nitrogens with one attached hydrogen (secondary N) is 2. The monoisotopic (exact) mass is 1090 g/mol. The van der Waals surface area contributed by atoms with Crippen LogP contribution < -0.4 is 10.6 Å². The van der Waals surface area contributed by atoms with Crippen molar-refractivity contribution >= 4 is 45.6 Å². The number of nitrogens with zero attached hydrogens (tertiary/aromatic N) is 2. The number of aromatic carboxylic acids is 1. The second-order valence-electron chi connectivity index (χ2n) is 23.2. The summed E-state index contributed by atoms with van der Waals surface area (Å²) in [5.74, 6) is -1.46. The van der Waals surface area contributed by atoms with Crippen LogP contribution in [-0.2, 0) is 28.9 Å². The number of esters is 1. The number of carbonyl (C=O) groups excluding carboxylic acids is 3. The van der Waals surface area contributed by atoms with E-state index in [2.05, 4.69) is 71.7 Å². The molecule has 3 N–H and O–H groups in total. The number of hydrogen-bond donors (Lipinski definition) is 3. The van der Waals surface area contributed by atoms with E-state index in [0.29, 0.717) is 40.9 Å². The third kappa shape index (κ3) is 12.5. The topological polar surface area (TPSA) is 132 Å². The first-order valence-corrected chi connectivity index (χ1v) is 27.8. The Kier molecular flexibility index (Phi) is 16.4. The second kappa shape index (κ2) is 23.4. The Balaban J connectivity index is 0.000000198. The molecular weight excluding hydrogens is 1020 g/mol. The fraction of sp³-hybridized carbons (Fsp3) is 0.222. The van der Waals surface area contributed by atoms with Crippen LogP contribution in [0, 0.1) is 27.7 Å². The molecule has 0 atom stereocenters. The third-order valence-corrected chi connectivity index (χ3v) is 15.6. The molecule has 10 heteroatoms. The Morgan fingerprint density at radius 1 is 0.451 bits per heavy atom. The number of benzene rings is 8. The van der Waals surface area contributed by atoms with Gasteiger partial charge in [-0.25, -0.2) is 9.59 Å². The number of aromatic nitrogens is 2. The van der Waals surface area contributed by atoms with Gasteiger partial charge in [0.25, 0.3) is 11.8 Å². The molecule has 0 aliphatic heterocycles. The van der Waals surface area contributed by atoms with Gasteiger partial charge in [0.2, 0.25) is 0 Å². The second-order valence-corrected chi connectivity index (χ2v) is 23.2. The molecule has 0 spiro atoms. The summed E-state index contributed by atoms with van der Waals surface area (Å²) in [4.78, 5) is 51.1. The lowest BCUT2D eigenvalue weighted by Gasteiger charge is -2.27. The molecule has 0 bridgehead atoms. The Bertz CT molecular complexity index is 3990. The van der Waals surface area contributed by atoms with Crippen LogP contribution in [0.1, 0.15) is 135 Å². The van der Waals surface area contributed by atoms with E-state index in [1.54, 1.807) is 12.1 Å². The molecule has 2 amide bonds. The van der Waals surface area contributed by atoms with Crippen molar-refractivity contribution in [2.45, 2.75) is 106 Å². The number of hydrogen-bond acceptors (Lipinski definition) is 5. The van der Waals surface area contributed by atoms with E-state index in [1.165, 1.54) is 0 Å². The quantitative estimate of drug-likeness (QED) is 0.0930. The molecule has 0 unspecified atom stereocenters. The van der Waals surface area contributed by atoms with E-state index in [9.17, 15) is 24.3 Å². The van der Waals surface area contributed by atoms with Crippen LogP contribution in [0.3, 0.4) is 0 Å². The first kappa shape index (κ1) is 57.4. The third-order valence-electron chi connectivity index (χ3n) is 15.6. The standard InChI is InChI=1S/C38H40N2O3.C34H32N2O3/c1-25-26(2)40(34-22-21-29(23-33(25)34)35(41)39-38(6,7)30-13-9-8-10-14-30)24-27-17-19-28(20-18-27)31-15-11-12-16-32(31)36(42)43-37(3,4)5;1-22-23(2)36(21-24-14-16-25(17-15-24)28-12-8-9-13-29(28)33(38)39)31-19-18-26(20-30(22)31)32(37)35-34(3,4)27-10-6-5-7-11-27/h8-23H,24H2,1-7H3,(H,39,41);5-20H,21H2,1-4H3,(H,35,37)(H,38,39). The van der Waals surface area contributed by atoms with Gasteiger partial charge in [0.05, 0.1) is 22.2 Å². The van der Waals surface area contributed by atoms with Gasteiger partial charge in [-0.1, -0.05) is 146 Å². The van der Waals surface area contributed by atoms with Gasteiger partial charge >= 0.3 is 11.9 Å². The fourth-order valence-corrected chi connectivity index (χ4v) is 10.7. The lowest BCUT2D eigenvalue weighted by Crippen LogP contribution is -2.40. The Labute approximate surface area is 481 Å². The van der Waals surface area contributed by atoms with Gasteiger partial charge < -0.3 is 29.6 Å². The zero-order valence-electron chi connectivity index (χ0n) is 48.8. The number of amides is 2. The molecule has 8 aromatic carbocycles. The van der Waals surface area contributed by atoms with E-state index < -0.39 is 22.6 Å². The number of carboxylic acid groups (broad SMARTS) is 1. The number of carboxylic acids is 1. The molecule has 10 nitrogen and oxygen atoms in total. The molecule has 0 saturated carbocycles. The number of carbonyl (C=O) groups is 4. The summed E-state index contributed by atoms with van der Waals surface area (Å²) in [6.45, 7) is 23.5. The van der Waals surface area contributed by atoms with Crippen LogP contribution in [0.5, 0.6) is 0 Å². The Morgan fingerprint density at radius 3 is 1.21 bits per heavy atom. The number of fused-ring (bicyclic) bond motifs is 2. The van der Waals surface area contributed by atoms with Gasteiger partial charge in [-0.15, -0.1) is 0 Å². The first-order chi connectivity index (χ1) is 39.0. The van der Waals surface area contributed by atoms with Crippen LogP contribution in [0.15, 0.2) is 194 Å². The molecule has 0 aliphatic carbocycles. The highest BCUT2D eigenvalue weighted by atomic mass is 16.6. The Hall–Kier alpha value is -9.28. The van der Waals surface area contributed by atoms with Gasteiger partial charge in [0, 0.05) is 57.4 Å². The molecule has 10 aromatic rings. The average molecular weight is 1090 g/mol. The van der Waals surface area contributed by atoms with Crippen molar-refractivity contribution in [1.29, 1.82) is 0 Å². The zero-order chi connectivity index (χ0) is 58.7. The van der Waals surface area contributed by atoms with E-state index in [1.807, 2.05) is 206 Å². The summed E-state index contributed by atoms with van der Waals surface area (Å²) in [6, 6.07) is 62.8. The Morgan fingerprint density at radius 2 is 0.817 bits per heavy atom. The molecule has 416 valence electrons. The van der Waals surface area contributed by atoms with Gasteiger partial charge in [0.1, 0.15) is 5.60 Å². The normalized spacial score (nSPS) is 11.7. The van der Waals surface area contributed by atoms with E-state index >= 15 is 0 Å². The van der Waals surface area contributed by atoms with Crippen LogP contribution in [-0.4, -0.2) is 43.6 Å². The van der Waals surface area contributed by atoms with E-state index in [4.69, 9.17) is 4.74 Å². The van der Waals surface area contributed by atoms with Crippen molar-refractivity contribution in [2.24, 2.45) is 0 Å². The maximum atomic E-state index is 13.3. The first-order valence-electron chi connectivity index (χ1n) is 27.8. The van der Waals surface area contributed by atoms with Crippen molar-refractivity contribution in [2.75, 3.05) is 0 Å². The lowest BCUT2D eigenvalue weighted by molar-refractivity contribution is 0.00698. The van der Waals surface area contributed by atoms with E-state index in [0.717, 1.165) is 83.3 Å². The summed E-state index contributed by atoms with van der Waals surface area (Å²) < 4.78 is 10.2. The van der Waals surface area contributed by atoms with Crippen LogP contribution in [0.4, 0.5) is 0 Å². The van der Waals surface area contributed by atoms with Crippen LogP contribution in [0.2, 0.25) is 0 Å². The molecular formula is C72H72N4O6. The highest BCUT2D eigenvalue weighted by molar-refractivity contribution is 6.01. The molecule has 2 heterocycles. The number of rotatable bonds is 14. The van der Waals surface area contributed by atoms with Gasteiger partial charge in [-0.05, 0) is 180 Å². The molecule has 0 saturated heterocycles. The van der Waals surface area contributed by atoms with Crippen molar-refractivity contribution in [1.82, 2.24) is 19.8 Å². The van der Waals surface area contributed by atoms with Crippen molar-refractivity contribution < 1.29 is 29.0 Å². The highest BCUT2D eigenvalue weighted by Crippen LogP contribution is 2.33. The largest absolute Gasteiger partial charge is 0.478 e. The molecule has 0 fully saturated rings. The fourth-order valence-electron chi connectivity index (χ4n) is 10.7. The average Bonchev–Trinajstić information content (AvgIpc) is 3.90. The predicted octanol–water partition coefficient (Wildman–Crippen LogP) is 15.9. The van der Waals surface area contributed by atoms with Crippen molar-refractivity contribution in [3.05, 3.63) is 261 Å². The summed E-state index contributed by atoms with van der Waals surface area (Å²) >= 11 is 0. The van der Waals surface area contributed by atoms with Gasteiger partial charge in [-0.3, -0.25) is 9.59 Å².